The number of hydrogen-bond donors (Lipinski definition) is 1. The highest BCUT2D eigenvalue weighted by molar-refractivity contribution is 5.90. The van der Waals surface area contributed by atoms with E-state index in [4.69, 9.17) is 14.2 Å². The summed E-state index contributed by atoms with van der Waals surface area (Å²) in [4.78, 5) is 12.7. The van der Waals surface area contributed by atoms with Crippen molar-refractivity contribution >= 4 is 5.97 Å². The molecule has 0 saturated heterocycles. The van der Waals surface area contributed by atoms with Gasteiger partial charge in [0.2, 0.25) is 0 Å². The fourth-order valence-electron chi connectivity index (χ4n) is 2.61. The lowest BCUT2D eigenvalue weighted by Gasteiger charge is -2.24. The van der Waals surface area contributed by atoms with E-state index in [1.165, 1.54) is 0 Å². The Hall–Kier alpha value is -2.53. The molecule has 5 heteroatoms. The first-order chi connectivity index (χ1) is 12.6. The maximum atomic E-state index is 12.7. The van der Waals surface area contributed by atoms with Gasteiger partial charge in [0.1, 0.15) is 6.10 Å². The summed E-state index contributed by atoms with van der Waals surface area (Å²) in [6, 6.07) is 14.8. The van der Waals surface area contributed by atoms with Gasteiger partial charge in [0, 0.05) is 6.04 Å². The Morgan fingerprint density at radius 1 is 1.00 bits per heavy atom. The van der Waals surface area contributed by atoms with Crippen LogP contribution in [-0.2, 0) is 4.74 Å². The SMILES string of the molecule is CCOc1ccc(C(=O)OC(c2ccccc2)C(C)NC)cc1OCC. The molecule has 0 aliphatic rings. The number of ether oxygens (including phenoxy) is 3. The second-order valence-electron chi connectivity index (χ2n) is 5.84. The number of nitrogens with one attached hydrogen (secondary N) is 1. The van der Waals surface area contributed by atoms with Crippen molar-refractivity contribution in [1.29, 1.82) is 0 Å². The molecule has 0 heterocycles. The highest BCUT2D eigenvalue weighted by atomic mass is 16.5. The molecule has 5 nitrogen and oxygen atoms in total. The Balaban J connectivity index is 2.24. The van der Waals surface area contributed by atoms with Gasteiger partial charge in [-0.05, 0) is 51.6 Å². The fourth-order valence-corrected chi connectivity index (χ4v) is 2.61. The van der Waals surface area contributed by atoms with Crippen molar-refractivity contribution in [3.8, 4) is 11.5 Å². The van der Waals surface area contributed by atoms with Crippen LogP contribution >= 0.6 is 0 Å². The van der Waals surface area contributed by atoms with E-state index in [2.05, 4.69) is 5.32 Å². The summed E-state index contributed by atoms with van der Waals surface area (Å²) in [5.74, 6) is 0.765. The molecular weight excluding hydrogens is 330 g/mol. The highest BCUT2D eigenvalue weighted by Gasteiger charge is 2.24. The van der Waals surface area contributed by atoms with Crippen molar-refractivity contribution < 1.29 is 19.0 Å². The summed E-state index contributed by atoms with van der Waals surface area (Å²) in [7, 11) is 1.85. The molecule has 0 amide bonds. The van der Waals surface area contributed by atoms with E-state index in [0.717, 1.165) is 5.56 Å². The normalized spacial score (nSPS) is 12.9. The second-order valence-corrected chi connectivity index (χ2v) is 5.84. The molecule has 0 radical (unpaired) electrons. The first-order valence-electron chi connectivity index (χ1n) is 8.93. The molecular formula is C21H27NO4. The van der Waals surface area contributed by atoms with Crippen LogP contribution in [0.15, 0.2) is 48.5 Å². The van der Waals surface area contributed by atoms with Crippen LogP contribution < -0.4 is 14.8 Å². The van der Waals surface area contributed by atoms with Crippen molar-refractivity contribution in [1.82, 2.24) is 5.32 Å². The molecule has 2 aromatic rings. The number of likely N-dealkylation sites (N-methyl/N-ethyl adjacent to an activating group) is 1. The molecule has 26 heavy (non-hydrogen) atoms. The molecule has 0 aliphatic carbocycles. The van der Waals surface area contributed by atoms with Crippen LogP contribution in [-0.4, -0.2) is 32.3 Å². The van der Waals surface area contributed by atoms with Crippen LogP contribution in [0.4, 0.5) is 0 Å². The van der Waals surface area contributed by atoms with Crippen molar-refractivity contribution in [2.24, 2.45) is 0 Å². The van der Waals surface area contributed by atoms with E-state index in [0.29, 0.717) is 30.3 Å². The van der Waals surface area contributed by atoms with Gasteiger partial charge in [0.25, 0.3) is 0 Å². The Kier molecular flexibility index (Phi) is 7.48. The molecule has 2 rings (SSSR count). The van der Waals surface area contributed by atoms with Gasteiger partial charge in [-0.1, -0.05) is 30.3 Å². The Morgan fingerprint density at radius 3 is 2.27 bits per heavy atom. The monoisotopic (exact) mass is 357 g/mol. The van der Waals surface area contributed by atoms with Gasteiger partial charge in [-0.25, -0.2) is 4.79 Å². The van der Waals surface area contributed by atoms with Crippen LogP contribution in [0.1, 0.15) is 42.8 Å². The predicted octanol–water partition coefficient (Wildman–Crippen LogP) is 3.99. The van der Waals surface area contributed by atoms with Gasteiger partial charge in [0.15, 0.2) is 11.5 Å². The van der Waals surface area contributed by atoms with E-state index < -0.39 is 12.1 Å². The van der Waals surface area contributed by atoms with Gasteiger partial charge in [-0.2, -0.15) is 0 Å². The number of carbonyl (C=O) groups is 1. The number of benzene rings is 2. The zero-order chi connectivity index (χ0) is 18.9. The number of carbonyl (C=O) groups excluding carboxylic acids is 1. The molecule has 2 aromatic carbocycles. The maximum Gasteiger partial charge on any atom is 0.338 e. The van der Waals surface area contributed by atoms with Gasteiger partial charge in [-0.15, -0.1) is 0 Å². The highest BCUT2D eigenvalue weighted by Crippen LogP contribution is 2.30. The predicted molar refractivity (Wildman–Crippen MR) is 102 cm³/mol. The molecule has 2 unspecified atom stereocenters. The maximum absolute atomic E-state index is 12.7. The molecule has 0 aliphatic heterocycles. The standard InChI is InChI=1S/C21H27NO4/c1-5-24-18-13-12-17(14-19(18)25-6-2)21(23)26-20(15(3)22-4)16-10-8-7-9-11-16/h7-15,20,22H,5-6H2,1-4H3. The largest absolute Gasteiger partial charge is 0.490 e. The van der Waals surface area contributed by atoms with Crippen molar-refractivity contribution in [3.05, 3.63) is 59.7 Å². The van der Waals surface area contributed by atoms with Crippen LogP contribution in [0.25, 0.3) is 0 Å². The van der Waals surface area contributed by atoms with E-state index >= 15 is 0 Å². The third kappa shape index (κ3) is 4.99. The van der Waals surface area contributed by atoms with Crippen LogP contribution in [0.5, 0.6) is 11.5 Å². The topological polar surface area (TPSA) is 56.8 Å². The van der Waals surface area contributed by atoms with Crippen molar-refractivity contribution in [2.75, 3.05) is 20.3 Å². The van der Waals surface area contributed by atoms with Gasteiger partial charge >= 0.3 is 5.97 Å². The lowest BCUT2D eigenvalue weighted by Crippen LogP contribution is -2.32. The summed E-state index contributed by atoms with van der Waals surface area (Å²) in [6.45, 7) is 6.79. The average Bonchev–Trinajstić information content (AvgIpc) is 2.67. The smallest absolute Gasteiger partial charge is 0.338 e. The lowest BCUT2D eigenvalue weighted by molar-refractivity contribution is 0.0218. The molecule has 0 aromatic heterocycles. The Morgan fingerprint density at radius 2 is 1.65 bits per heavy atom. The van der Waals surface area contributed by atoms with Crippen LogP contribution in [0.2, 0.25) is 0 Å². The molecule has 0 saturated carbocycles. The van der Waals surface area contributed by atoms with E-state index in [9.17, 15) is 4.79 Å². The summed E-state index contributed by atoms with van der Waals surface area (Å²) in [5.41, 5.74) is 1.37. The minimum Gasteiger partial charge on any atom is -0.490 e. The van der Waals surface area contributed by atoms with Gasteiger partial charge < -0.3 is 19.5 Å². The number of hydrogen-bond acceptors (Lipinski definition) is 5. The Bertz CT molecular complexity index is 702. The van der Waals surface area contributed by atoms with E-state index in [1.54, 1.807) is 18.2 Å². The lowest BCUT2D eigenvalue weighted by atomic mass is 10.0. The van der Waals surface area contributed by atoms with Crippen LogP contribution in [0, 0.1) is 0 Å². The zero-order valence-electron chi connectivity index (χ0n) is 15.8. The summed E-state index contributed by atoms with van der Waals surface area (Å²) >= 11 is 0. The molecule has 0 bridgehead atoms. The summed E-state index contributed by atoms with van der Waals surface area (Å²) < 4.78 is 16.9. The number of esters is 1. The summed E-state index contributed by atoms with van der Waals surface area (Å²) in [5, 5.41) is 3.16. The first-order valence-corrected chi connectivity index (χ1v) is 8.93. The third-order valence-corrected chi connectivity index (χ3v) is 4.05. The first kappa shape index (κ1) is 19.8. The minimum absolute atomic E-state index is 0.0320. The van der Waals surface area contributed by atoms with Gasteiger partial charge in [0.05, 0.1) is 18.8 Å². The quantitative estimate of drug-likeness (QED) is 0.688. The molecule has 2 atom stereocenters. The summed E-state index contributed by atoms with van der Waals surface area (Å²) in [6.07, 6.45) is -0.393. The zero-order valence-corrected chi connectivity index (χ0v) is 15.8. The fraction of sp³-hybridized carbons (Fsp3) is 0.381. The van der Waals surface area contributed by atoms with Gasteiger partial charge in [-0.3, -0.25) is 0 Å². The third-order valence-electron chi connectivity index (χ3n) is 4.05. The average molecular weight is 357 g/mol. The van der Waals surface area contributed by atoms with E-state index in [1.807, 2.05) is 58.2 Å². The van der Waals surface area contributed by atoms with Crippen molar-refractivity contribution in [3.63, 3.8) is 0 Å². The molecule has 0 spiro atoms. The minimum atomic E-state index is -0.398. The van der Waals surface area contributed by atoms with Crippen molar-refractivity contribution in [2.45, 2.75) is 32.9 Å². The molecule has 0 fully saturated rings. The molecule has 140 valence electrons. The van der Waals surface area contributed by atoms with Crippen LogP contribution in [0.3, 0.4) is 0 Å². The second kappa shape index (κ2) is 9.82. The number of rotatable bonds is 9. The van der Waals surface area contributed by atoms with E-state index in [-0.39, 0.29) is 6.04 Å². The Labute approximate surface area is 155 Å². The molecule has 1 N–H and O–H groups in total.